The Labute approximate surface area is 112 Å². The molecule has 0 aliphatic carbocycles. The van der Waals surface area contributed by atoms with Gasteiger partial charge >= 0.3 is 0 Å². The summed E-state index contributed by atoms with van der Waals surface area (Å²) in [5.41, 5.74) is 0. The van der Waals surface area contributed by atoms with Crippen molar-refractivity contribution < 1.29 is 12.8 Å². The highest BCUT2D eigenvalue weighted by Gasteiger charge is 2.28. The van der Waals surface area contributed by atoms with Crippen LogP contribution in [0.3, 0.4) is 0 Å². The summed E-state index contributed by atoms with van der Waals surface area (Å²) < 4.78 is 38.7. The lowest BCUT2D eigenvalue weighted by Crippen LogP contribution is -2.51. The second kappa shape index (κ2) is 5.92. The lowest BCUT2D eigenvalue weighted by atomic mass is 10.3. The number of aromatic nitrogens is 1. The molecule has 0 radical (unpaired) electrons. The average Bonchev–Trinajstić information content (AvgIpc) is 2.29. The van der Waals surface area contributed by atoms with Crippen molar-refractivity contribution in [2.45, 2.75) is 17.9 Å². The van der Waals surface area contributed by atoms with Crippen molar-refractivity contribution in [3.8, 4) is 0 Å². The molecule has 1 aliphatic heterocycles. The van der Waals surface area contributed by atoms with E-state index in [0.717, 1.165) is 12.3 Å². The van der Waals surface area contributed by atoms with E-state index in [0.29, 0.717) is 19.6 Å². The Morgan fingerprint density at radius 3 is 2.83 bits per heavy atom. The third-order valence-electron chi connectivity index (χ3n) is 2.65. The summed E-state index contributed by atoms with van der Waals surface area (Å²) >= 11 is 0. The fraction of sp³-hybridized carbons (Fsp3) is 0.500. The molecule has 0 saturated carbocycles. The first-order valence-corrected chi connectivity index (χ1v) is 6.78. The summed E-state index contributed by atoms with van der Waals surface area (Å²) in [5, 5.41) is 3.15. The lowest BCUT2D eigenvalue weighted by molar-refractivity contribution is 0.310. The van der Waals surface area contributed by atoms with Crippen LogP contribution in [0.2, 0.25) is 0 Å². The molecule has 1 aromatic heterocycles. The number of hydrogen-bond acceptors (Lipinski definition) is 4. The van der Waals surface area contributed by atoms with Crippen molar-refractivity contribution in [1.29, 1.82) is 0 Å². The SMILES string of the molecule is C[C@H]1CN(S(=O)(=O)c2cncc(F)c2)CCN1.Cl. The van der Waals surface area contributed by atoms with Crippen LogP contribution in [0, 0.1) is 5.82 Å². The Balaban J connectivity index is 0.00000162. The molecule has 1 saturated heterocycles. The molecule has 102 valence electrons. The molecule has 0 spiro atoms. The van der Waals surface area contributed by atoms with Crippen molar-refractivity contribution >= 4 is 22.4 Å². The van der Waals surface area contributed by atoms with Gasteiger partial charge in [-0.05, 0) is 13.0 Å². The molecule has 1 N–H and O–H groups in total. The van der Waals surface area contributed by atoms with Crippen LogP contribution in [0.4, 0.5) is 4.39 Å². The fourth-order valence-electron chi connectivity index (χ4n) is 1.80. The normalized spacial score (nSPS) is 21.3. The number of nitrogens with one attached hydrogen (secondary N) is 1. The van der Waals surface area contributed by atoms with E-state index in [1.54, 1.807) is 0 Å². The van der Waals surface area contributed by atoms with Crippen LogP contribution >= 0.6 is 12.4 Å². The zero-order chi connectivity index (χ0) is 12.5. The molecule has 18 heavy (non-hydrogen) atoms. The van der Waals surface area contributed by atoms with E-state index >= 15 is 0 Å². The van der Waals surface area contributed by atoms with E-state index in [9.17, 15) is 12.8 Å². The van der Waals surface area contributed by atoms with Crippen molar-refractivity contribution in [2.24, 2.45) is 0 Å². The van der Waals surface area contributed by atoms with Crippen LogP contribution in [-0.4, -0.2) is 43.4 Å². The molecule has 0 aromatic carbocycles. The van der Waals surface area contributed by atoms with E-state index in [1.165, 1.54) is 10.5 Å². The molecule has 1 fully saturated rings. The van der Waals surface area contributed by atoms with Crippen molar-refractivity contribution in [1.82, 2.24) is 14.6 Å². The minimum atomic E-state index is -3.63. The first-order valence-electron chi connectivity index (χ1n) is 5.34. The second-order valence-electron chi connectivity index (χ2n) is 4.06. The Morgan fingerprint density at radius 1 is 1.50 bits per heavy atom. The number of halogens is 2. The van der Waals surface area contributed by atoms with E-state index in [4.69, 9.17) is 0 Å². The second-order valence-corrected chi connectivity index (χ2v) is 6.00. The average molecular weight is 296 g/mol. The van der Waals surface area contributed by atoms with Gasteiger partial charge in [0.25, 0.3) is 0 Å². The monoisotopic (exact) mass is 295 g/mol. The quantitative estimate of drug-likeness (QED) is 0.869. The Hall–Kier alpha value is -0.760. The zero-order valence-corrected chi connectivity index (χ0v) is 11.5. The highest BCUT2D eigenvalue weighted by molar-refractivity contribution is 7.89. The molecule has 0 bridgehead atoms. The molecule has 0 amide bonds. The number of nitrogens with zero attached hydrogens (tertiary/aromatic N) is 2. The number of hydrogen-bond donors (Lipinski definition) is 1. The van der Waals surface area contributed by atoms with Crippen LogP contribution in [-0.2, 0) is 10.0 Å². The van der Waals surface area contributed by atoms with E-state index in [1.807, 2.05) is 6.92 Å². The lowest BCUT2D eigenvalue weighted by Gasteiger charge is -2.30. The van der Waals surface area contributed by atoms with Crippen LogP contribution < -0.4 is 5.32 Å². The number of piperazine rings is 1. The minimum Gasteiger partial charge on any atom is -0.312 e. The fourth-order valence-corrected chi connectivity index (χ4v) is 3.30. The molecule has 2 heterocycles. The maximum atomic E-state index is 13.0. The molecule has 0 unspecified atom stereocenters. The molecular weight excluding hydrogens is 281 g/mol. The van der Waals surface area contributed by atoms with Crippen LogP contribution in [0.1, 0.15) is 6.92 Å². The van der Waals surface area contributed by atoms with Gasteiger partial charge in [-0.15, -0.1) is 12.4 Å². The summed E-state index contributed by atoms with van der Waals surface area (Å²) in [6.45, 7) is 3.29. The predicted octanol–water partition coefficient (Wildman–Crippen LogP) is 0.625. The van der Waals surface area contributed by atoms with Crippen molar-refractivity contribution in [3.63, 3.8) is 0 Å². The predicted molar refractivity (Wildman–Crippen MR) is 67.7 cm³/mol. The Morgan fingerprint density at radius 2 is 2.22 bits per heavy atom. The van der Waals surface area contributed by atoms with Gasteiger partial charge in [0.2, 0.25) is 10.0 Å². The van der Waals surface area contributed by atoms with Gasteiger partial charge < -0.3 is 5.32 Å². The molecule has 1 atom stereocenters. The molecule has 8 heteroatoms. The maximum Gasteiger partial charge on any atom is 0.244 e. The Bertz CT molecular complexity index is 512. The number of rotatable bonds is 2. The van der Waals surface area contributed by atoms with Crippen molar-refractivity contribution in [2.75, 3.05) is 19.6 Å². The summed E-state index contributed by atoms with van der Waals surface area (Å²) in [5.74, 6) is -0.644. The first kappa shape index (κ1) is 15.3. The van der Waals surface area contributed by atoms with Crippen LogP contribution in [0.5, 0.6) is 0 Å². The van der Waals surface area contributed by atoms with Gasteiger partial charge in [-0.25, -0.2) is 12.8 Å². The van der Waals surface area contributed by atoms with Gasteiger partial charge in [-0.3, -0.25) is 4.98 Å². The summed E-state index contributed by atoms with van der Waals surface area (Å²) in [4.78, 5) is 3.48. The number of pyridine rings is 1. The summed E-state index contributed by atoms with van der Waals surface area (Å²) in [6.07, 6.45) is 2.16. The van der Waals surface area contributed by atoms with E-state index in [-0.39, 0.29) is 23.3 Å². The molecule has 5 nitrogen and oxygen atoms in total. The summed E-state index contributed by atoms with van der Waals surface area (Å²) in [6, 6.07) is 1.09. The van der Waals surface area contributed by atoms with Gasteiger partial charge in [0, 0.05) is 31.9 Å². The highest BCUT2D eigenvalue weighted by Crippen LogP contribution is 2.16. The Kier molecular flexibility index (Phi) is 5.03. The minimum absolute atomic E-state index is 0. The largest absolute Gasteiger partial charge is 0.312 e. The first-order chi connectivity index (χ1) is 8.00. The maximum absolute atomic E-state index is 13.0. The highest BCUT2D eigenvalue weighted by atomic mass is 35.5. The van der Waals surface area contributed by atoms with Crippen LogP contribution in [0.15, 0.2) is 23.4 Å². The number of sulfonamides is 1. The van der Waals surface area contributed by atoms with Gasteiger partial charge in [0.15, 0.2) is 0 Å². The molecule has 1 aromatic rings. The van der Waals surface area contributed by atoms with E-state index < -0.39 is 15.8 Å². The third-order valence-corrected chi connectivity index (χ3v) is 4.48. The smallest absolute Gasteiger partial charge is 0.244 e. The molecular formula is C10H15ClFN3O2S. The van der Waals surface area contributed by atoms with Gasteiger partial charge in [-0.2, -0.15) is 4.31 Å². The van der Waals surface area contributed by atoms with Gasteiger partial charge in [0.05, 0.1) is 6.20 Å². The summed E-state index contributed by atoms with van der Waals surface area (Å²) in [7, 11) is -3.63. The van der Waals surface area contributed by atoms with Gasteiger partial charge in [-0.1, -0.05) is 0 Å². The molecule has 1 aliphatic rings. The third kappa shape index (κ3) is 3.17. The van der Waals surface area contributed by atoms with E-state index in [2.05, 4.69) is 10.3 Å². The standard InChI is InChI=1S/C10H14FN3O2S.ClH/c1-8-7-14(3-2-13-8)17(15,16)10-4-9(11)5-12-6-10;/h4-6,8,13H,2-3,7H2,1H3;1H/t8-;/m0./s1. The van der Waals surface area contributed by atoms with Crippen molar-refractivity contribution in [3.05, 3.63) is 24.3 Å². The topological polar surface area (TPSA) is 62.3 Å². The van der Waals surface area contributed by atoms with Gasteiger partial charge in [0.1, 0.15) is 10.7 Å². The molecule has 2 rings (SSSR count). The zero-order valence-electron chi connectivity index (χ0n) is 9.84. The van der Waals surface area contributed by atoms with Crippen LogP contribution in [0.25, 0.3) is 0 Å².